The van der Waals surface area contributed by atoms with Gasteiger partial charge >= 0.3 is 0 Å². The van der Waals surface area contributed by atoms with Crippen molar-refractivity contribution >= 4 is 11.6 Å². The van der Waals surface area contributed by atoms with Crippen LogP contribution in [-0.2, 0) is 5.41 Å². The summed E-state index contributed by atoms with van der Waals surface area (Å²) in [5, 5.41) is 4.86. The van der Waals surface area contributed by atoms with Gasteiger partial charge in [-0.05, 0) is 19.9 Å². The molecule has 0 saturated carbocycles. The number of aromatic nitrogens is 4. The number of aryl methyl sites for hydroxylation is 1. The van der Waals surface area contributed by atoms with Gasteiger partial charge in [-0.25, -0.2) is 14.6 Å². The van der Waals surface area contributed by atoms with Crippen LogP contribution in [0.25, 0.3) is 5.82 Å². The molecular weight excluding hydrogens is 248 g/mol. The summed E-state index contributed by atoms with van der Waals surface area (Å²) >= 11 is 6.19. The molecule has 0 aromatic carbocycles. The van der Waals surface area contributed by atoms with E-state index in [9.17, 15) is 0 Å². The minimum absolute atomic E-state index is 0.145. The molecule has 5 heteroatoms. The molecule has 0 fully saturated rings. The van der Waals surface area contributed by atoms with Crippen molar-refractivity contribution in [1.29, 1.82) is 0 Å². The molecule has 0 unspecified atom stereocenters. The normalized spacial score (nSPS) is 11.9. The van der Waals surface area contributed by atoms with E-state index in [1.807, 2.05) is 26.1 Å². The average Bonchev–Trinajstić information content (AvgIpc) is 2.67. The zero-order chi connectivity index (χ0) is 13.5. The van der Waals surface area contributed by atoms with Crippen molar-refractivity contribution in [2.24, 2.45) is 0 Å². The molecule has 0 aliphatic heterocycles. The van der Waals surface area contributed by atoms with Crippen LogP contribution < -0.4 is 0 Å². The van der Waals surface area contributed by atoms with Crippen molar-refractivity contribution in [2.45, 2.75) is 40.0 Å². The lowest BCUT2D eigenvalue weighted by Gasteiger charge is -2.18. The Morgan fingerprint density at radius 3 is 2.33 bits per heavy atom. The Hall–Kier alpha value is -1.42. The molecule has 0 aliphatic carbocycles. The second kappa shape index (κ2) is 4.35. The predicted octanol–water partition coefficient (Wildman–Crippen LogP) is 3.23. The van der Waals surface area contributed by atoms with Crippen LogP contribution in [-0.4, -0.2) is 19.7 Å². The van der Waals surface area contributed by atoms with Crippen LogP contribution in [0.5, 0.6) is 0 Å². The second-order valence-corrected chi connectivity index (χ2v) is 5.80. The molecule has 96 valence electrons. The number of rotatable bonds is 1. The molecule has 0 bridgehead atoms. The summed E-state index contributed by atoms with van der Waals surface area (Å²) in [7, 11) is 0. The van der Waals surface area contributed by atoms with E-state index in [2.05, 4.69) is 35.8 Å². The number of halogens is 1. The molecule has 2 aromatic heterocycles. The van der Waals surface area contributed by atoms with E-state index >= 15 is 0 Å². The Labute approximate surface area is 112 Å². The summed E-state index contributed by atoms with van der Waals surface area (Å²) in [6, 6.07) is 1.94. The first-order valence-electron chi connectivity index (χ1n) is 5.86. The van der Waals surface area contributed by atoms with Crippen molar-refractivity contribution in [1.82, 2.24) is 19.7 Å². The molecule has 0 radical (unpaired) electrons. The van der Waals surface area contributed by atoms with Crippen molar-refractivity contribution in [3.8, 4) is 5.82 Å². The minimum atomic E-state index is -0.145. The third-order valence-electron chi connectivity index (χ3n) is 2.67. The van der Waals surface area contributed by atoms with E-state index in [-0.39, 0.29) is 5.41 Å². The Kier molecular flexibility index (Phi) is 3.15. The highest BCUT2D eigenvalue weighted by Crippen LogP contribution is 2.25. The van der Waals surface area contributed by atoms with Crippen molar-refractivity contribution in [2.75, 3.05) is 0 Å². The Bertz CT molecular complexity index is 581. The molecule has 0 aliphatic rings. The van der Waals surface area contributed by atoms with Crippen LogP contribution in [0.3, 0.4) is 0 Å². The van der Waals surface area contributed by atoms with Crippen molar-refractivity contribution in [3.63, 3.8) is 0 Å². The molecule has 18 heavy (non-hydrogen) atoms. The summed E-state index contributed by atoms with van der Waals surface area (Å²) < 4.78 is 1.74. The number of hydrogen-bond donors (Lipinski definition) is 0. The van der Waals surface area contributed by atoms with Gasteiger partial charge in [-0.2, -0.15) is 5.10 Å². The van der Waals surface area contributed by atoms with Gasteiger partial charge in [-0.3, -0.25) is 0 Å². The summed E-state index contributed by atoms with van der Waals surface area (Å²) in [4.78, 5) is 8.94. The van der Waals surface area contributed by atoms with Gasteiger partial charge in [0.1, 0.15) is 11.0 Å². The molecule has 0 N–H and O–H groups in total. The van der Waals surface area contributed by atoms with Gasteiger partial charge in [0.05, 0.1) is 5.69 Å². The fraction of sp³-hybridized carbons (Fsp3) is 0.462. The lowest BCUT2D eigenvalue weighted by molar-refractivity contribution is 0.541. The molecule has 0 saturated heterocycles. The fourth-order valence-electron chi connectivity index (χ4n) is 1.57. The molecule has 0 amide bonds. The highest BCUT2D eigenvalue weighted by atomic mass is 35.5. The molecule has 2 aromatic rings. The van der Waals surface area contributed by atoms with Crippen LogP contribution in [0.15, 0.2) is 12.3 Å². The first-order chi connectivity index (χ1) is 8.29. The van der Waals surface area contributed by atoms with E-state index in [4.69, 9.17) is 11.6 Å². The smallest absolute Gasteiger partial charge is 0.161 e. The van der Waals surface area contributed by atoms with Crippen LogP contribution in [0.1, 0.15) is 37.9 Å². The summed E-state index contributed by atoms with van der Waals surface area (Å²) in [6.45, 7) is 10.0. The first-order valence-corrected chi connectivity index (χ1v) is 6.24. The van der Waals surface area contributed by atoms with Crippen molar-refractivity contribution < 1.29 is 0 Å². The number of hydrogen-bond acceptors (Lipinski definition) is 3. The fourth-order valence-corrected chi connectivity index (χ4v) is 1.73. The second-order valence-electron chi connectivity index (χ2n) is 5.44. The number of nitrogens with zero attached hydrogens (tertiary/aromatic N) is 4. The standard InChI is InChI=1S/C13H17ClN4/c1-8-6-7-18(17-8)11-9(2)10(14)15-12(16-11)13(3,4)5/h6-7H,1-5H3. The van der Waals surface area contributed by atoms with Crippen LogP contribution in [0.4, 0.5) is 0 Å². The minimum Gasteiger partial charge on any atom is -0.222 e. The van der Waals surface area contributed by atoms with Crippen molar-refractivity contribution in [3.05, 3.63) is 34.5 Å². The van der Waals surface area contributed by atoms with Crippen LogP contribution >= 0.6 is 11.6 Å². The van der Waals surface area contributed by atoms with Gasteiger partial charge in [-0.1, -0.05) is 32.4 Å². The lowest BCUT2D eigenvalue weighted by Crippen LogP contribution is -2.18. The molecule has 0 atom stereocenters. The zero-order valence-corrected chi connectivity index (χ0v) is 12.1. The molecule has 4 nitrogen and oxygen atoms in total. The van der Waals surface area contributed by atoms with Crippen LogP contribution in [0.2, 0.25) is 5.15 Å². The maximum Gasteiger partial charge on any atom is 0.161 e. The largest absolute Gasteiger partial charge is 0.222 e. The van der Waals surface area contributed by atoms with E-state index in [1.54, 1.807) is 4.68 Å². The Morgan fingerprint density at radius 2 is 1.83 bits per heavy atom. The SMILES string of the molecule is Cc1ccn(-c2nc(C(C)(C)C)nc(Cl)c2C)n1. The quantitative estimate of drug-likeness (QED) is 0.743. The maximum atomic E-state index is 6.19. The highest BCUT2D eigenvalue weighted by Gasteiger charge is 2.21. The Morgan fingerprint density at radius 1 is 1.17 bits per heavy atom. The maximum absolute atomic E-state index is 6.19. The van der Waals surface area contributed by atoms with E-state index in [0.717, 1.165) is 22.9 Å². The van der Waals surface area contributed by atoms with Gasteiger partial charge in [0.15, 0.2) is 5.82 Å². The summed E-state index contributed by atoms with van der Waals surface area (Å²) in [5.41, 5.74) is 1.64. The molecule has 0 spiro atoms. The van der Waals surface area contributed by atoms with Gasteiger partial charge in [-0.15, -0.1) is 0 Å². The molecular formula is C13H17ClN4. The average molecular weight is 265 g/mol. The zero-order valence-electron chi connectivity index (χ0n) is 11.3. The van der Waals surface area contributed by atoms with Gasteiger partial charge in [0.25, 0.3) is 0 Å². The van der Waals surface area contributed by atoms with Gasteiger partial charge < -0.3 is 0 Å². The molecule has 2 rings (SSSR count). The van der Waals surface area contributed by atoms with Crippen LogP contribution in [0, 0.1) is 13.8 Å². The van der Waals surface area contributed by atoms with Gasteiger partial charge in [0.2, 0.25) is 0 Å². The summed E-state index contributed by atoms with van der Waals surface area (Å²) in [5.74, 6) is 1.47. The van der Waals surface area contributed by atoms with E-state index in [1.165, 1.54) is 0 Å². The van der Waals surface area contributed by atoms with E-state index in [0.29, 0.717) is 5.15 Å². The monoisotopic (exact) mass is 264 g/mol. The topological polar surface area (TPSA) is 43.6 Å². The Balaban J connectivity index is 2.63. The first kappa shape index (κ1) is 13.0. The lowest BCUT2D eigenvalue weighted by atomic mass is 9.95. The predicted molar refractivity (Wildman–Crippen MR) is 72.3 cm³/mol. The van der Waals surface area contributed by atoms with E-state index < -0.39 is 0 Å². The third-order valence-corrected chi connectivity index (χ3v) is 3.04. The highest BCUT2D eigenvalue weighted by molar-refractivity contribution is 6.30. The van der Waals surface area contributed by atoms with Gasteiger partial charge in [0, 0.05) is 17.2 Å². The third kappa shape index (κ3) is 2.38. The molecule has 2 heterocycles. The summed E-state index contributed by atoms with van der Waals surface area (Å²) in [6.07, 6.45) is 1.88.